The van der Waals surface area contributed by atoms with Gasteiger partial charge in [-0.3, -0.25) is 9.59 Å². The average molecular weight is 339 g/mol. The Morgan fingerprint density at radius 3 is 2.74 bits per heavy atom. The third-order valence-electron chi connectivity index (χ3n) is 3.73. The van der Waals surface area contributed by atoms with Crippen molar-refractivity contribution in [1.29, 1.82) is 0 Å². The lowest BCUT2D eigenvalue weighted by Crippen LogP contribution is -2.41. The fourth-order valence-electron chi connectivity index (χ4n) is 2.51. The fourth-order valence-corrected chi connectivity index (χ4v) is 3.36. The summed E-state index contributed by atoms with van der Waals surface area (Å²) >= 11 is 1.06. The number of carbonyl (C=O) groups is 3. The zero-order valence-corrected chi connectivity index (χ0v) is 13.9. The van der Waals surface area contributed by atoms with E-state index in [9.17, 15) is 14.4 Å². The lowest BCUT2D eigenvalue weighted by molar-refractivity contribution is -0.136. The number of aryl methyl sites for hydroxylation is 1. The third-order valence-corrected chi connectivity index (χ3v) is 4.87. The van der Waals surface area contributed by atoms with Gasteiger partial charge in [0.05, 0.1) is 18.8 Å². The van der Waals surface area contributed by atoms with Gasteiger partial charge in [0, 0.05) is 13.0 Å². The Hall–Kier alpha value is -1.96. The summed E-state index contributed by atoms with van der Waals surface area (Å²) in [6, 6.07) is 0. The van der Waals surface area contributed by atoms with E-state index in [0.717, 1.165) is 37.0 Å². The molecule has 0 unspecified atom stereocenters. The highest BCUT2D eigenvalue weighted by atomic mass is 32.1. The highest BCUT2D eigenvalue weighted by Crippen LogP contribution is 2.17. The lowest BCUT2D eigenvalue weighted by Gasteiger charge is -2.24. The SMILES string of the molecule is Cc1nc(CNC(=O)CN2CCCCCCC2=O)sc1C(=O)O. The molecule has 2 N–H and O–H groups in total. The van der Waals surface area contributed by atoms with Crippen LogP contribution in [0.25, 0.3) is 0 Å². The monoisotopic (exact) mass is 339 g/mol. The highest BCUT2D eigenvalue weighted by molar-refractivity contribution is 7.13. The molecule has 1 aromatic heterocycles. The lowest BCUT2D eigenvalue weighted by atomic mass is 10.1. The summed E-state index contributed by atoms with van der Waals surface area (Å²) in [5, 5.41) is 12.2. The fraction of sp³-hybridized carbons (Fsp3) is 0.600. The molecule has 1 fully saturated rings. The average Bonchev–Trinajstić information content (AvgIpc) is 2.86. The van der Waals surface area contributed by atoms with E-state index in [1.54, 1.807) is 11.8 Å². The van der Waals surface area contributed by atoms with Gasteiger partial charge in [0.2, 0.25) is 11.8 Å². The van der Waals surface area contributed by atoms with Gasteiger partial charge < -0.3 is 15.3 Å². The van der Waals surface area contributed by atoms with Crippen molar-refractivity contribution < 1.29 is 19.5 Å². The van der Waals surface area contributed by atoms with Gasteiger partial charge in [0.25, 0.3) is 0 Å². The summed E-state index contributed by atoms with van der Waals surface area (Å²) in [5.41, 5.74) is 0.450. The summed E-state index contributed by atoms with van der Waals surface area (Å²) in [5.74, 6) is -1.23. The van der Waals surface area contributed by atoms with Crippen molar-refractivity contribution in [3.05, 3.63) is 15.6 Å². The zero-order chi connectivity index (χ0) is 16.8. The van der Waals surface area contributed by atoms with Crippen LogP contribution in [0.15, 0.2) is 0 Å². The normalized spacial score (nSPS) is 15.9. The van der Waals surface area contributed by atoms with Crippen LogP contribution in [0.2, 0.25) is 0 Å². The summed E-state index contributed by atoms with van der Waals surface area (Å²) in [4.78, 5) is 40.9. The maximum Gasteiger partial charge on any atom is 0.347 e. The number of hydrogen-bond donors (Lipinski definition) is 2. The predicted octanol–water partition coefficient (Wildman–Crippen LogP) is 1.56. The summed E-state index contributed by atoms with van der Waals surface area (Å²) < 4.78 is 0. The topological polar surface area (TPSA) is 99.6 Å². The van der Waals surface area contributed by atoms with Crippen LogP contribution in [0, 0.1) is 6.92 Å². The first-order chi connectivity index (χ1) is 11.0. The molecule has 0 saturated carbocycles. The molecule has 7 nitrogen and oxygen atoms in total. The molecule has 8 heteroatoms. The van der Waals surface area contributed by atoms with Gasteiger partial charge in [-0.2, -0.15) is 0 Å². The standard InChI is InChI=1S/C15H21N3O4S/c1-10-14(15(21)22)23-12(17-10)8-16-11(19)9-18-7-5-3-2-4-6-13(18)20/h2-9H2,1H3,(H,16,19)(H,21,22). The van der Waals surface area contributed by atoms with Gasteiger partial charge in [0.15, 0.2) is 0 Å². The van der Waals surface area contributed by atoms with Crippen LogP contribution in [-0.4, -0.2) is 45.9 Å². The van der Waals surface area contributed by atoms with Crippen molar-refractivity contribution in [1.82, 2.24) is 15.2 Å². The number of hydrogen-bond acceptors (Lipinski definition) is 5. The first kappa shape index (κ1) is 17.4. The second-order valence-electron chi connectivity index (χ2n) is 5.58. The van der Waals surface area contributed by atoms with Gasteiger partial charge in [0.1, 0.15) is 9.88 Å². The maximum absolute atomic E-state index is 12.0. The summed E-state index contributed by atoms with van der Waals surface area (Å²) in [6.07, 6.45) is 4.46. The van der Waals surface area contributed by atoms with Crippen LogP contribution in [0.4, 0.5) is 0 Å². The van der Waals surface area contributed by atoms with Crippen molar-refractivity contribution in [2.75, 3.05) is 13.1 Å². The number of aromatic nitrogens is 1. The maximum atomic E-state index is 12.0. The third kappa shape index (κ3) is 5.02. The molecule has 1 aliphatic heterocycles. The van der Waals surface area contributed by atoms with Crippen molar-refractivity contribution >= 4 is 29.1 Å². The molecule has 0 bridgehead atoms. The van der Waals surface area contributed by atoms with E-state index >= 15 is 0 Å². The van der Waals surface area contributed by atoms with Crippen molar-refractivity contribution in [3.8, 4) is 0 Å². The minimum Gasteiger partial charge on any atom is -0.477 e. The van der Waals surface area contributed by atoms with Crippen molar-refractivity contribution in [2.45, 2.75) is 45.6 Å². The van der Waals surface area contributed by atoms with Crippen molar-refractivity contribution in [3.63, 3.8) is 0 Å². The number of nitrogens with zero attached hydrogens (tertiary/aromatic N) is 2. The molecule has 23 heavy (non-hydrogen) atoms. The highest BCUT2D eigenvalue weighted by Gasteiger charge is 2.19. The van der Waals surface area contributed by atoms with E-state index < -0.39 is 5.97 Å². The quantitative estimate of drug-likeness (QED) is 0.848. The van der Waals surface area contributed by atoms with Gasteiger partial charge in [-0.25, -0.2) is 9.78 Å². The summed E-state index contributed by atoms with van der Waals surface area (Å²) in [7, 11) is 0. The molecule has 0 atom stereocenters. The Morgan fingerprint density at radius 1 is 1.30 bits per heavy atom. The predicted molar refractivity (Wildman–Crippen MR) is 85.3 cm³/mol. The van der Waals surface area contributed by atoms with Crippen LogP contribution < -0.4 is 5.32 Å². The van der Waals surface area contributed by atoms with E-state index in [1.165, 1.54) is 0 Å². The van der Waals surface area contributed by atoms with Crippen LogP contribution in [0.5, 0.6) is 0 Å². The van der Waals surface area contributed by atoms with Crippen LogP contribution in [0.1, 0.15) is 52.5 Å². The Kier molecular flexibility index (Phi) is 6.09. The van der Waals surface area contributed by atoms with Gasteiger partial charge in [-0.1, -0.05) is 12.8 Å². The van der Waals surface area contributed by atoms with Gasteiger partial charge in [-0.05, 0) is 19.8 Å². The van der Waals surface area contributed by atoms with E-state index in [0.29, 0.717) is 23.7 Å². The number of carboxylic acid groups (broad SMARTS) is 1. The number of carbonyl (C=O) groups excluding carboxylic acids is 2. The molecule has 0 radical (unpaired) electrons. The largest absolute Gasteiger partial charge is 0.477 e. The summed E-state index contributed by atoms with van der Waals surface area (Å²) in [6.45, 7) is 2.48. The molecule has 1 aliphatic rings. The molecular weight excluding hydrogens is 318 g/mol. The van der Waals surface area contributed by atoms with E-state index in [1.807, 2.05) is 0 Å². The van der Waals surface area contributed by atoms with Crippen LogP contribution in [-0.2, 0) is 16.1 Å². The molecule has 0 aromatic carbocycles. The number of rotatable bonds is 5. The molecule has 2 heterocycles. The molecule has 1 aromatic rings. The van der Waals surface area contributed by atoms with Gasteiger partial charge in [-0.15, -0.1) is 11.3 Å². The zero-order valence-electron chi connectivity index (χ0n) is 13.1. The number of likely N-dealkylation sites (tertiary alicyclic amines) is 1. The molecule has 126 valence electrons. The van der Waals surface area contributed by atoms with Gasteiger partial charge >= 0.3 is 5.97 Å². The Balaban J connectivity index is 1.85. The van der Waals surface area contributed by atoms with E-state index in [-0.39, 0.29) is 29.8 Å². The first-order valence-electron chi connectivity index (χ1n) is 7.71. The second kappa shape index (κ2) is 8.05. The van der Waals surface area contributed by atoms with Crippen molar-refractivity contribution in [2.24, 2.45) is 0 Å². The number of amides is 2. The molecule has 0 aliphatic carbocycles. The molecular formula is C15H21N3O4S. The smallest absolute Gasteiger partial charge is 0.347 e. The molecule has 0 spiro atoms. The number of aromatic carboxylic acids is 1. The van der Waals surface area contributed by atoms with E-state index in [4.69, 9.17) is 5.11 Å². The Labute approximate surface area is 138 Å². The number of nitrogens with one attached hydrogen (secondary N) is 1. The number of carboxylic acids is 1. The van der Waals surface area contributed by atoms with Crippen LogP contribution in [0.3, 0.4) is 0 Å². The Bertz CT molecular complexity index is 600. The molecule has 2 amide bonds. The minimum absolute atomic E-state index is 0.0260. The van der Waals surface area contributed by atoms with E-state index in [2.05, 4.69) is 10.3 Å². The number of thiazole rings is 1. The molecule has 1 saturated heterocycles. The Morgan fingerprint density at radius 2 is 2.04 bits per heavy atom. The van der Waals surface area contributed by atoms with Crippen LogP contribution >= 0.6 is 11.3 Å². The first-order valence-corrected chi connectivity index (χ1v) is 8.53. The minimum atomic E-state index is -1.01. The second-order valence-corrected chi connectivity index (χ2v) is 6.67. The molecule has 2 rings (SSSR count).